The van der Waals surface area contributed by atoms with Crippen LogP contribution in [0.3, 0.4) is 0 Å². The van der Waals surface area contributed by atoms with Crippen molar-refractivity contribution in [3.8, 4) is 0 Å². The number of aromatic nitrogens is 2. The topological polar surface area (TPSA) is 276 Å². The molecule has 1 saturated heterocycles. The molecule has 2 heterocycles. The first-order valence-corrected chi connectivity index (χ1v) is 12.7. The van der Waals surface area contributed by atoms with Gasteiger partial charge < -0.3 is 29.4 Å². The summed E-state index contributed by atoms with van der Waals surface area (Å²) in [5.41, 5.74) is 4.56. The summed E-state index contributed by atoms with van der Waals surface area (Å²) in [5, 5.41) is 13.1. The van der Waals surface area contributed by atoms with Crippen molar-refractivity contribution >= 4 is 35.7 Å². The van der Waals surface area contributed by atoms with E-state index in [1.165, 1.54) is 0 Å². The molecular formula is C9H12F2N5O13P3S. The molecule has 3 unspecified atom stereocenters. The van der Waals surface area contributed by atoms with E-state index in [-0.39, 0.29) is 0 Å². The van der Waals surface area contributed by atoms with Crippen molar-refractivity contribution in [2.24, 2.45) is 5.11 Å². The number of nitrogens with one attached hydrogen (secondary N) is 1. The molecule has 24 heteroatoms. The van der Waals surface area contributed by atoms with Crippen molar-refractivity contribution in [1.29, 1.82) is 0 Å². The molecule has 1 aromatic rings. The Morgan fingerprint density at radius 1 is 1.30 bits per heavy atom. The van der Waals surface area contributed by atoms with Crippen LogP contribution in [0.1, 0.15) is 6.23 Å². The van der Waals surface area contributed by atoms with E-state index in [9.17, 15) is 37.3 Å². The van der Waals surface area contributed by atoms with Gasteiger partial charge in [0.05, 0.1) is 12.8 Å². The fourth-order valence-corrected chi connectivity index (χ4v) is 5.68. The van der Waals surface area contributed by atoms with Crippen LogP contribution in [-0.2, 0) is 31.6 Å². The lowest BCUT2D eigenvalue weighted by molar-refractivity contribution is -0.122. The van der Waals surface area contributed by atoms with Gasteiger partial charge in [0.25, 0.3) is 5.56 Å². The fourth-order valence-electron chi connectivity index (χ4n) is 2.39. The normalized spacial score (nSPS) is 29.1. The van der Waals surface area contributed by atoms with Gasteiger partial charge in [-0.3, -0.25) is 18.9 Å². The van der Waals surface area contributed by atoms with Crippen LogP contribution in [0.15, 0.2) is 16.1 Å². The highest BCUT2D eigenvalue weighted by Gasteiger charge is 2.57. The standard InChI is InChI=1S/C9H12F2N5O13P3S/c10-3-1-16(8(33)13-6(3)18)7-4(11)5(17)9(27-7,14-15-12)2-26-31(22,23)29-32(24,25)28-30(19,20)21/h1,4-5,7,17H,2H2,(H,22,23)(H,24,25)(H,13,18,33)(H2,19,20,21)/t4?,5-,7-,9-/m1/s1. The summed E-state index contributed by atoms with van der Waals surface area (Å²) in [7, 11) is -17.4. The molecule has 2 rings (SSSR count). The second-order valence-corrected chi connectivity index (χ2v) is 10.7. The molecule has 33 heavy (non-hydrogen) atoms. The summed E-state index contributed by atoms with van der Waals surface area (Å²) in [6, 6.07) is 0. The van der Waals surface area contributed by atoms with E-state index < -0.39 is 70.5 Å². The number of H-pyrrole nitrogens is 1. The van der Waals surface area contributed by atoms with Gasteiger partial charge in [-0.15, -0.1) is 0 Å². The maximum absolute atomic E-state index is 14.7. The van der Waals surface area contributed by atoms with Gasteiger partial charge in [0.2, 0.25) is 11.5 Å². The lowest BCUT2D eigenvalue weighted by Gasteiger charge is -2.27. The number of hydrogen-bond donors (Lipinski definition) is 6. The number of nitrogens with zero attached hydrogens (tertiary/aromatic N) is 4. The van der Waals surface area contributed by atoms with Gasteiger partial charge in [-0.25, -0.2) is 18.1 Å². The summed E-state index contributed by atoms with van der Waals surface area (Å²) in [6.45, 7) is -1.57. The number of aromatic amines is 1. The molecule has 0 aliphatic carbocycles. The second-order valence-electron chi connectivity index (χ2n) is 5.94. The molecule has 186 valence electrons. The first-order chi connectivity index (χ1) is 14.9. The predicted octanol–water partition coefficient (Wildman–Crippen LogP) is 0.623. The first-order valence-electron chi connectivity index (χ1n) is 7.77. The van der Waals surface area contributed by atoms with Crippen molar-refractivity contribution in [2.45, 2.75) is 24.2 Å². The van der Waals surface area contributed by atoms with Gasteiger partial charge in [-0.2, -0.15) is 13.0 Å². The number of hydrogen-bond acceptors (Lipinski definition) is 11. The number of alkyl halides is 1. The zero-order valence-corrected chi connectivity index (χ0v) is 18.8. The monoisotopic (exact) mass is 561 g/mol. The molecule has 1 fully saturated rings. The minimum atomic E-state index is -5.91. The third-order valence-corrected chi connectivity index (χ3v) is 7.72. The highest BCUT2D eigenvalue weighted by atomic mass is 32.1. The van der Waals surface area contributed by atoms with E-state index in [0.29, 0.717) is 10.8 Å². The molecule has 1 aliphatic heterocycles. The average molecular weight is 561 g/mol. The predicted molar refractivity (Wildman–Crippen MR) is 98.6 cm³/mol. The summed E-state index contributed by atoms with van der Waals surface area (Å²) in [4.78, 5) is 50.9. The fraction of sp³-hybridized carbons (Fsp3) is 0.556. The quantitative estimate of drug-likeness (QED) is 0.0793. The minimum absolute atomic E-state index is 0.389. The van der Waals surface area contributed by atoms with Crippen molar-refractivity contribution in [2.75, 3.05) is 6.61 Å². The number of ether oxygens (including phenoxy) is 1. The molecule has 0 radical (unpaired) electrons. The summed E-state index contributed by atoms with van der Waals surface area (Å²) < 4.78 is 78.2. The zero-order valence-electron chi connectivity index (χ0n) is 15.3. The van der Waals surface area contributed by atoms with Crippen LogP contribution in [0.4, 0.5) is 8.78 Å². The number of phosphoric acid groups is 3. The number of azide groups is 1. The van der Waals surface area contributed by atoms with E-state index in [0.717, 1.165) is 0 Å². The molecule has 0 bridgehead atoms. The van der Waals surface area contributed by atoms with Crippen molar-refractivity contribution in [1.82, 2.24) is 9.55 Å². The molecule has 0 aromatic carbocycles. The van der Waals surface area contributed by atoms with Crippen LogP contribution in [0, 0.1) is 10.6 Å². The third-order valence-electron chi connectivity index (χ3n) is 3.62. The highest BCUT2D eigenvalue weighted by Crippen LogP contribution is 2.66. The van der Waals surface area contributed by atoms with Gasteiger partial charge in [0, 0.05) is 4.91 Å². The van der Waals surface area contributed by atoms with Crippen LogP contribution in [-0.4, -0.2) is 58.8 Å². The van der Waals surface area contributed by atoms with Crippen LogP contribution in [0.2, 0.25) is 0 Å². The average Bonchev–Trinajstić information content (AvgIpc) is 2.86. The molecule has 6 atom stereocenters. The highest BCUT2D eigenvalue weighted by molar-refractivity contribution is 7.71. The molecule has 18 nitrogen and oxygen atoms in total. The lowest BCUT2D eigenvalue weighted by atomic mass is 10.1. The number of halogens is 2. The maximum atomic E-state index is 14.7. The molecule has 0 saturated carbocycles. The molecule has 0 spiro atoms. The van der Waals surface area contributed by atoms with E-state index >= 15 is 0 Å². The van der Waals surface area contributed by atoms with E-state index in [2.05, 4.69) is 23.2 Å². The zero-order chi connectivity index (χ0) is 25.4. The van der Waals surface area contributed by atoms with E-state index in [4.69, 9.17) is 37.2 Å². The Morgan fingerprint density at radius 2 is 1.91 bits per heavy atom. The van der Waals surface area contributed by atoms with E-state index in [1.54, 1.807) is 0 Å². The van der Waals surface area contributed by atoms with Gasteiger partial charge in [0.15, 0.2) is 17.2 Å². The molecule has 6 N–H and O–H groups in total. The molecular weight excluding hydrogens is 549 g/mol. The van der Waals surface area contributed by atoms with Crippen molar-refractivity contribution in [3.63, 3.8) is 0 Å². The Kier molecular flexibility index (Phi) is 8.18. The van der Waals surface area contributed by atoms with Gasteiger partial charge in [0.1, 0.15) is 6.10 Å². The largest absolute Gasteiger partial charge is 0.490 e. The van der Waals surface area contributed by atoms with Gasteiger partial charge in [-0.05, 0) is 17.7 Å². The minimum Gasteiger partial charge on any atom is -0.387 e. The summed E-state index contributed by atoms with van der Waals surface area (Å²) in [5.74, 6) is -1.46. The Balaban J connectivity index is 2.32. The lowest BCUT2D eigenvalue weighted by Crippen LogP contribution is -2.44. The number of rotatable bonds is 9. The van der Waals surface area contributed by atoms with Crippen molar-refractivity contribution in [3.05, 3.63) is 37.6 Å². The number of aliphatic hydroxyl groups excluding tert-OH is 1. The van der Waals surface area contributed by atoms with Crippen LogP contribution < -0.4 is 5.56 Å². The second kappa shape index (κ2) is 9.69. The Bertz CT molecular complexity index is 1230. The number of phosphoric ester groups is 1. The Labute approximate surface area is 184 Å². The summed E-state index contributed by atoms with van der Waals surface area (Å²) in [6.07, 6.45) is -6.78. The van der Waals surface area contributed by atoms with Crippen LogP contribution >= 0.6 is 35.7 Å². The first kappa shape index (κ1) is 27.8. The Hall–Kier alpha value is -1.40. The SMILES string of the molecule is [N-]=[N+]=N[C@]1(COP(=O)(O)OP(=O)(O)OP(=O)(O)O)O[C@@H](n2cc(F)c(=O)[nH]c2=S)C(F)[C@H]1O. The third kappa shape index (κ3) is 6.82. The smallest absolute Gasteiger partial charge is 0.387 e. The van der Waals surface area contributed by atoms with Crippen molar-refractivity contribution < 1.29 is 65.0 Å². The van der Waals surface area contributed by atoms with Gasteiger partial charge in [-0.1, -0.05) is 5.11 Å². The number of aliphatic hydroxyl groups is 1. The van der Waals surface area contributed by atoms with Crippen LogP contribution in [0.5, 0.6) is 0 Å². The molecule has 1 aromatic heterocycles. The summed E-state index contributed by atoms with van der Waals surface area (Å²) >= 11 is 4.73. The molecule has 1 aliphatic rings. The van der Waals surface area contributed by atoms with Crippen LogP contribution in [0.25, 0.3) is 10.4 Å². The Morgan fingerprint density at radius 3 is 2.45 bits per heavy atom. The van der Waals surface area contributed by atoms with Gasteiger partial charge >= 0.3 is 23.5 Å². The maximum Gasteiger partial charge on any atom is 0.490 e. The van der Waals surface area contributed by atoms with E-state index in [1.807, 2.05) is 4.98 Å². The molecule has 0 amide bonds.